The quantitative estimate of drug-likeness (QED) is 0.365. The molecule has 1 aromatic rings. The van der Waals surface area contributed by atoms with E-state index in [0.29, 0.717) is 49.6 Å². The van der Waals surface area contributed by atoms with E-state index in [1.165, 1.54) is 7.11 Å². The van der Waals surface area contributed by atoms with Crippen LogP contribution >= 0.6 is 0 Å². The van der Waals surface area contributed by atoms with Crippen LogP contribution in [-0.4, -0.2) is 73.2 Å². The molecule has 0 bridgehead atoms. The molecule has 2 heterocycles. The average molecular weight is 489 g/mol. The molecule has 2 atom stereocenters. The van der Waals surface area contributed by atoms with Gasteiger partial charge in [0.1, 0.15) is 11.9 Å². The first-order chi connectivity index (χ1) is 16.9. The molecule has 0 spiro atoms. The van der Waals surface area contributed by atoms with Gasteiger partial charge in [-0.05, 0) is 75.4 Å². The molecule has 2 fully saturated rings. The smallest absolute Gasteiger partial charge is 0.307 e. The van der Waals surface area contributed by atoms with E-state index < -0.39 is 30.4 Å². The van der Waals surface area contributed by atoms with Crippen molar-refractivity contribution >= 4 is 23.7 Å². The normalized spacial score (nSPS) is 19.5. The maximum Gasteiger partial charge on any atom is 0.307 e. The van der Waals surface area contributed by atoms with Crippen molar-refractivity contribution in [3.8, 4) is 5.75 Å². The Kier molecular flexibility index (Phi) is 9.89. The molecule has 192 valence electrons. The van der Waals surface area contributed by atoms with Crippen LogP contribution in [0.5, 0.6) is 5.75 Å². The molecule has 35 heavy (non-hydrogen) atoms. The molecule has 3 rings (SSSR count). The van der Waals surface area contributed by atoms with E-state index in [0.717, 1.165) is 32.4 Å². The monoisotopic (exact) mass is 488 g/mol. The minimum atomic E-state index is -1.15. The van der Waals surface area contributed by atoms with E-state index >= 15 is 0 Å². The largest absolute Gasteiger partial charge is 0.497 e. The second-order valence-corrected chi connectivity index (χ2v) is 9.27. The lowest BCUT2D eigenvalue weighted by atomic mass is 9.92. The van der Waals surface area contributed by atoms with Gasteiger partial charge in [-0.15, -0.1) is 0 Å². The Hall–Kier alpha value is -3.14. The average Bonchev–Trinajstić information content (AvgIpc) is 2.87. The first kappa shape index (κ1) is 26.5. The number of methoxy groups -OCH3 is 1. The van der Waals surface area contributed by atoms with E-state index in [1.54, 1.807) is 29.2 Å². The Morgan fingerprint density at radius 3 is 2.49 bits per heavy atom. The van der Waals surface area contributed by atoms with E-state index in [-0.39, 0.29) is 11.8 Å². The van der Waals surface area contributed by atoms with Crippen LogP contribution in [0.1, 0.15) is 55.3 Å². The molecule has 0 aliphatic carbocycles. The molecule has 2 saturated heterocycles. The highest BCUT2D eigenvalue weighted by Gasteiger charge is 2.30. The van der Waals surface area contributed by atoms with Gasteiger partial charge in [-0.2, -0.15) is 0 Å². The van der Waals surface area contributed by atoms with Gasteiger partial charge in [0.05, 0.1) is 19.4 Å². The number of nitrogens with zero attached hydrogens (tertiary/aromatic N) is 1. The lowest BCUT2D eigenvalue weighted by Gasteiger charge is -2.33. The topological polar surface area (TPSA) is 137 Å². The minimum absolute atomic E-state index is 0.0657. The van der Waals surface area contributed by atoms with Crippen molar-refractivity contribution in [2.24, 2.45) is 11.8 Å². The number of benzene rings is 1. The maximum absolute atomic E-state index is 12.9. The van der Waals surface area contributed by atoms with Crippen molar-refractivity contribution in [2.75, 3.05) is 33.3 Å². The number of likely N-dealkylation sites (tertiary alicyclic amines) is 1. The highest BCUT2D eigenvalue weighted by molar-refractivity contribution is 5.95. The van der Waals surface area contributed by atoms with Gasteiger partial charge in [-0.1, -0.05) is 0 Å². The van der Waals surface area contributed by atoms with E-state index in [9.17, 15) is 24.3 Å². The predicted octanol–water partition coefficient (Wildman–Crippen LogP) is 1.36. The highest BCUT2D eigenvalue weighted by Crippen LogP contribution is 2.22. The number of amides is 3. The fourth-order valence-corrected chi connectivity index (χ4v) is 4.66. The van der Waals surface area contributed by atoms with Crippen molar-refractivity contribution < 1.29 is 29.0 Å². The summed E-state index contributed by atoms with van der Waals surface area (Å²) in [5, 5.41) is 17.8. The fraction of sp³-hybridized carbons (Fsp3) is 0.600. The molecular formula is C25H36N4O6. The minimum Gasteiger partial charge on any atom is -0.497 e. The maximum atomic E-state index is 12.9. The third-order valence-corrected chi connectivity index (χ3v) is 6.72. The van der Waals surface area contributed by atoms with E-state index in [1.807, 2.05) is 0 Å². The molecule has 1 aromatic carbocycles. The summed E-state index contributed by atoms with van der Waals surface area (Å²) in [6, 6.07) is 6.36. The Morgan fingerprint density at radius 1 is 1.11 bits per heavy atom. The van der Waals surface area contributed by atoms with Gasteiger partial charge in [0.2, 0.25) is 11.8 Å². The number of carbonyl (C=O) groups is 4. The molecule has 0 saturated carbocycles. The van der Waals surface area contributed by atoms with Crippen LogP contribution in [0.25, 0.3) is 0 Å². The van der Waals surface area contributed by atoms with Crippen molar-refractivity contribution in [3.63, 3.8) is 0 Å². The van der Waals surface area contributed by atoms with Crippen LogP contribution in [0.15, 0.2) is 24.3 Å². The summed E-state index contributed by atoms with van der Waals surface area (Å²) in [4.78, 5) is 51.4. The Bertz CT molecular complexity index is 884. The Balaban J connectivity index is 1.53. The predicted molar refractivity (Wildman–Crippen MR) is 129 cm³/mol. The van der Waals surface area contributed by atoms with Crippen molar-refractivity contribution in [2.45, 2.75) is 51.1 Å². The summed E-state index contributed by atoms with van der Waals surface area (Å²) >= 11 is 0. The molecule has 3 amide bonds. The summed E-state index contributed by atoms with van der Waals surface area (Å²) in [7, 11) is 1.52. The van der Waals surface area contributed by atoms with Gasteiger partial charge in [-0.25, -0.2) is 0 Å². The van der Waals surface area contributed by atoms with E-state index in [4.69, 9.17) is 4.74 Å². The van der Waals surface area contributed by atoms with E-state index in [2.05, 4.69) is 16.0 Å². The summed E-state index contributed by atoms with van der Waals surface area (Å²) < 4.78 is 5.08. The van der Waals surface area contributed by atoms with Crippen molar-refractivity contribution in [1.29, 1.82) is 0 Å². The van der Waals surface area contributed by atoms with Crippen LogP contribution in [0.2, 0.25) is 0 Å². The molecule has 2 aliphatic heterocycles. The van der Waals surface area contributed by atoms with Crippen molar-refractivity contribution in [3.05, 3.63) is 29.8 Å². The molecule has 2 aliphatic rings. The Labute approximate surface area is 205 Å². The van der Waals surface area contributed by atoms with Crippen LogP contribution < -0.4 is 20.7 Å². The van der Waals surface area contributed by atoms with Gasteiger partial charge >= 0.3 is 5.97 Å². The molecule has 0 radical (unpaired) electrons. The molecule has 10 heteroatoms. The first-order valence-corrected chi connectivity index (χ1v) is 12.3. The molecular weight excluding hydrogens is 452 g/mol. The zero-order valence-corrected chi connectivity index (χ0v) is 20.3. The van der Waals surface area contributed by atoms with Crippen LogP contribution in [0, 0.1) is 11.8 Å². The van der Waals surface area contributed by atoms with Gasteiger partial charge in [0, 0.05) is 25.1 Å². The highest BCUT2D eigenvalue weighted by atomic mass is 16.5. The number of carboxylic acid groups (broad SMARTS) is 1. The number of piperidine rings is 2. The van der Waals surface area contributed by atoms with Gasteiger partial charge in [0.25, 0.3) is 5.91 Å². The molecule has 0 aromatic heterocycles. The SMILES string of the molecule is COc1ccc(C(=O)N[C@@H](CC(=O)O)NC(=O)[C@@H]2CCCN(C(=O)CCC3CCNCC3)C2)cc1. The van der Waals surface area contributed by atoms with Gasteiger partial charge < -0.3 is 30.7 Å². The lowest BCUT2D eigenvalue weighted by molar-refractivity contribution is -0.138. The second kappa shape index (κ2) is 13.1. The number of carboxylic acids is 1. The standard InChI is InChI=1S/C25H36N4O6/c1-35-20-7-5-18(6-8-20)24(33)27-21(15-23(31)32)28-25(34)19-3-2-14-29(16-19)22(30)9-4-17-10-12-26-13-11-17/h5-8,17,19,21,26H,2-4,9-16H2,1H3,(H,27,33)(H,28,34)(H,31,32)/t19-,21-/m1/s1. The van der Waals surface area contributed by atoms with Crippen molar-refractivity contribution in [1.82, 2.24) is 20.9 Å². The number of hydrogen-bond donors (Lipinski definition) is 4. The van der Waals surface area contributed by atoms with Crippen LogP contribution in [0.4, 0.5) is 0 Å². The number of hydrogen-bond acceptors (Lipinski definition) is 6. The summed E-state index contributed by atoms with van der Waals surface area (Å²) in [5.41, 5.74) is 0.318. The lowest BCUT2D eigenvalue weighted by Crippen LogP contribution is -2.53. The second-order valence-electron chi connectivity index (χ2n) is 9.27. The van der Waals surface area contributed by atoms with Gasteiger partial charge in [-0.3, -0.25) is 19.2 Å². The molecule has 0 unspecified atom stereocenters. The zero-order chi connectivity index (χ0) is 25.2. The molecule has 10 nitrogen and oxygen atoms in total. The third-order valence-electron chi connectivity index (χ3n) is 6.72. The number of nitrogens with one attached hydrogen (secondary N) is 3. The number of aliphatic carboxylic acids is 1. The fourth-order valence-electron chi connectivity index (χ4n) is 4.66. The summed E-state index contributed by atoms with van der Waals surface area (Å²) in [6.07, 6.45) is 3.32. The van der Waals surface area contributed by atoms with Crippen LogP contribution in [0.3, 0.4) is 0 Å². The zero-order valence-electron chi connectivity index (χ0n) is 20.3. The summed E-state index contributed by atoms with van der Waals surface area (Å²) in [6.45, 7) is 2.93. The Morgan fingerprint density at radius 2 is 1.83 bits per heavy atom. The van der Waals surface area contributed by atoms with Gasteiger partial charge in [0.15, 0.2) is 0 Å². The van der Waals surface area contributed by atoms with Crippen LogP contribution in [-0.2, 0) is 14.4 Å². The first-order valence-electron chi connectivity index (χ1n) is 12.3. The summed E-state index contributed by atoms with van der Waals surface area (Å²) in [5.74, 6) is -1.24. The molecule has 4 N–H and O–H groups in total. The third kappa shape index (κ3) is 8.24. The number of carbonyl (C=O) groups excluding carboxylic acids is 3. The number of ether oxygens (including phenoxy) is 1. The number of rotatable bonds is 10.